The number of anilines is 3. The van der Waals surface area contributed by atoms with E-state index in [0.717, 1.165) is 17.1 Å². The maximum atomic E-state index is 2.52. The fourth-order valence-electron chi connectivity index (χ4n) is 14.2. The molecule has 0 N–H and O–H groups in total. The van der Waals surface area contributed by atoms with Gasteiger partial charge in [0.25, 0.3) is 0 Å². The van der Waals surface area contributed by atoms with E-state index in [-0.39, 0.29) is 0 Å². The van der Waals surface area contributed by atoms with Crippen LogP contribution < -0.4 is 4.90 Å². The standard InChI is InChI=1S/C74H48N2/c1-4-21-49(22-5-1)50-41-45-54(46-42-50)75(69-40-20-36-65-71(69)60-29-11-13-32-61(60)73(65,52-23-6-2-7-24-52)53-25-8-3-9-26-53)55-47-43-51(44-48-55)56-30-18-35-64-70(56)59-28-10-14-33-62(59)74(64)63-34-15-17-39-68(63)76-67-38-16-12-27-57(67)58-31-19-37-66(74)72(58)76/h1-48H. The van der Waals surface area contributed by atoms with Crippen LogP contribution in [0.4, 0.5) is 17.1 Å². The van der Waals surface area contributed by atoms with Crippen molar-refractivity contribution < 1.29 is 0 Å². The molecule has 3 aliphatic rings. The Balaban J connectivity index is 0.901. The number of hydrogen-bond donors (Lipinski definition) is 0. The van der Waals surface area contributed by atoms with E-state index in [0.29, 0.717) is 0 Å². The number of nitrogens with zero attached hydrogens (tertiary/aromatic N) is 2. The van der Waals surface area contributed by atoms with Crippen molar-refractivity contribution in [2.24, 2.45) is 0 Å². The lowest BCUT2D eigenvalue weighted by Crippen LogP contribution is -2.33. The van der Waals surface area contributed by atoms with Crippen molar-refractivity contribution in [3.05, 3.63) is 336 Å². The van der Waals surface area contributed by atoms with Crippen LogP contribution in [-0.2, 0) is 10.8 Å². The highest BCUT2D eigenvalue weighted by atomic mass is 15.1. The highest BCUT2D eigenvalue weighted by Gasteiger charge is 2.52. The van der Waals surface area contributed by atoms with Crippen LogP contribution in [0.25, 0.3) is 72.0 Å². The van der Waals surface area contributed by atoms with E-state index in [9.17, 15) is 0 Å². The molecule has 1 aliphatic heterocycles. The monoisotopic (exact) mass is 964 g/mol. The molecule has 2 aliphatic carbocycles. The van der Waals surface area contributed by atoms with Gasteiger partial charge >= 0.3 is 0 Å². The zero-order chi connectivity index (χ0) is 50.0. The predicted octanol–water partition coefficient (Wildman–Crippen LogP) is 18.6. The van der Waals surface area contributed by atoms with Crippen LogP contribution in [0.5, 0.6) is 0 Å². The molecule has 76 heavy (non-hydrogen) atoms. The largest absolute Gasteiger partial charge is 0.310 e. The van der Waals surface area contributed by atoms with Crippen LogP contribution >= 0.6 is 0 Å². The molecule has 0 saturated heterocycles. The van der Waals surface area contributed by atoms with E-state index in [1.807, 2.05) is 0 Å². The molecule has 0 saturated carbocycles. The molecule has 16 rings (SSSR count). The first kappa shape index (κ1) is 42.7. The molecule has 0 radical (unpaired) electrons. The summed E-state index contributed by atoms with van der Waals surface area (Å²) in [6, 6.07) is 109. The number of aromatic nitrogens is 1. The van der Waals surface area contributed by atoms with Gasteiger partial charge in [0, 0.05) is 27.7 Å². The molecule has 1 spiro atoms. The van der Waals surface area contributed by atoms with Crippen molar-refractivity contribution in [2.45, 2.75) is 10.8 Å². The van der Waals surface area contributed by atoms with E-state index >= 15 is 0 Å². The first-order chi connectivity index (χ1) is 37.7. The lowest BCUT2D eigenvalue weighted by Gasteiger charge is -2.39. The van der Waals surface area contributed by atoms with Crippen LogP contribution in [0.15, 0.2) is 291 Å². The molecule has 354 valence electrons. The van der Waals surface area contributed by atoms with Crippen LogP contribution in [-0.4, -0.2) is 4.57 Å². The molecule has 0 amide bonds. The minimum Gasteiger partial charge on any atom is -0.310 e. The normalized spacial score (nSPS) is 15.0. The summed E-state index contributed by atoms with van der Waals surface area (Å²) < 4.78 is 2.52. The van der Waals surface area contributed by atoms with Crippen molar-refractivity contribution in [3.8, 4) is 50.2 Å². The number of para-hydroxylation sites is 3. The molecular weight excluding hydrogens is 917 g/mol. The second-order valence-electron chi connectivity index (χ2n) is 20.6. The second-order valence-corrected chi connectivity index (χ2v) is 20.6. The average Bonchev–Trinajstić information content (AvgIpc) is 4.33. The van der Waals surface area contributed by atoms with Crippen molar-refractivity contribution in [1.82, 2.24) is 4.57 Å². The topological polar surface area (TPSA) is 8.17 Å². The van der Waals surface area contributed by atoms with E-state index in [2.05, 4.69) is 301 Å². The summed E-state index contributed by atoms with van der Waals surface area (Å²) in [5, 5.41) is 2.57. The Morgan fingerprint density at radius 2 is 0.737 bits per heavy atom. The van der Waals surface area contributed by atoms with Gasteiger partial charge < -0.3 is 9.47 Å². The van der Waals surface area contributed by atoms with Crippen molar-refractivity contribution in [1.29, 1.82) is 0 Å². The zero-order valence-corrected chi connectivity index (χ0v) is 41.6. The lowest BCUT2D eigenvalue weighted by molar-refractivity contribution is 0.748. The smallest absolute Gasteiger partial charge is 0.0754 e. The van der Waals surface area contributed by atoms with Gasteiger partial charge in [-0.05, 0) is 126 Å². The van der Waals surface area contributed by atoms with Gasteiger partial charge in [-0.3, -0.25) is 0 Å². The SMILES string of the molecule is c1ccc(-c2ccc(N(c3ccc(-c4cccc5c4-c4ccccc4C54c5ccccc5-n5c6ccccc6c6cccc4c65)cc3)c3cccc4c3-c3ccccc3C4(c3ccccc3)c3ccccc3)cc2)cc1. The van der Waals surface area contributed by atoms with Crippen LogP contribution in [0.3, 0.4) is 0 Å². The van der Waals surface area contributed by atoms with Gasteiger partial charge in [0.15, 0.2) is 0 Å². The van der Waals surface area contributed by atoms with Gasteiger partial charge in [-0.25, -0.2) is 0 Å². The first-order valence-electron chi connectivity index (χ1n) is 26.5. The highest BCUT2D eigenvalue weighted by molar-refractivity contribution is 6.13. The van der Waals surface area contributed by atoms with Crippen LogP contribution in [0.1, 0.15) is 44.5 Å². The maximum Gasteiger partial charge on any atom is 0.0754 e. The summed E-state index contributed by atoms with van der Waals surface area (Å²) in [5.74, 6) is 0. The minimum atomic E-state index is -0.528. The Kier molecular flexibility index (Phi) is 9.20. The van der Waals surface area contributed by atoms with Crippen molar-refractivity contribution in [2.75, 3.05) is 4.90 Å². The molecule has 1 unspecified atom stereocenters. The number of hydrogen-bond acceptors (Lipinski definition) is 1. The third-order valence-corrected chi connectivity index (χ3v) is 17.1. The fourth-order valence-corrected chi connectivity index (χ4v) is 14.2. The maximum absolute atomic E-state index is 2.52. The summed E-state index contributed by atoms with van der Waals surface area (Å²) in [4.78, 5) is 2.48. The molecule has 0 fully saturated rings. The van der Waals surface area contributed by atoms with Gasteiger partial charge in [-0.1, -0.05) is 249 Å². The van der Waals surface area contributed by atoms with Crippen molar-refractivity contribution >= 4 is 38.9 Å². The zero-order valence-electron chi connectivity index (χ0n) is 41.6. The van der Waals surface area contributed by atoms with E-state index in [1.165, 1.54) is 117 Å². The summed E-state index contributed by atoms with van der Waals surface area (Å²) in [5.41, 5.74) is 26.3. The predicted molar refractivity (Wildman–Crippen MR) is 315 cm³/mol. The lowest BCUT2D eigenvalue weighted by atomic mass is 9.65. The molecule has 2 heteroatoms. The summed E-state index contributed by atoms with van der Waals surface area (Å²) in [6.07, 6.45) is 0. The third-order valence-electron chi connectivity index (χ3n) is 17.1. The van der Waals surface area contributed by atoms with Gasteiger partial charge in [-0.15, -0.1) is 0 Å². The van der Waals surface area contributed by atoms with E-state index < -0.39 is 10.8 Å². The molecule has 1 aromatic heterocycles. The summed E-state index contributed by atoms with van der Waals surface area (Å²) in [6.45, 7) is 0. The van der Waals surface area contributed by atoms with Crippen LogP contribution in [0.2, 0.25) is 0 Å². The Bertz CT molecular complexity index is 4400. The van der Waals surface area contributed by atoms with Gasteiger partial charge in [0.2, 0.25) is 0 Å². The molecular formula is C74H48N2. The molecule has 13 aromatic rings. The van der Waals surface area contributed by atoms with Crippen molar-refractivity contribution in [3.63, 3.8) is 0 Å². The Labute approximate surface area is 442 Å². The Morgan fingerprint density at radius 3 is 1.43 bits per heavy atom. The van der Waals surface area contributed by atoms with Crippen LogP contribution in [0, 0.1) is 0 Å². The van der Waals surface area contributed by atoms with Gasteiger partial charge in [-0.2, -0.15) is 0 Å². The highest BCUT2D eigenvalue weighted by Crippen LogP contribution is 2.63. The second kappa shape index (κ2) is 16.4. The average molecular weight is 965 g/mol. The number of rotatable bonds is 7. The molecule has 2 heterocycles. The minimum absolute atomic E-state index is 0.524. The first-order valence-corrected chi connectivity index (χ1v) is 26.5. The number of benzene rings is 12. The Morgan fingerprint density at radius 1 is 0.276 bits per heavy atom. The third kappa shape index (κ3) is 5.70. The van der Waals surface area contributed by atoms with E-state index in [1.54, 1.807) is 0 Å². The van der Waals surface area contributed by atoms with Gasteiger partial charge in [0.1, 0.15) is 0 Å². The van der Waals surface area contributed by atoms with Gasteiger partial charge in [0.05, 0.1) is 33.2 Å². The molecule has 0 bridgehead atoms. The summed E-state index contributed by atoms with van der Waals surface area (Å²) in [7, 11) is 0. The molecule has 1 atom stereocenters. The summed E-state index contributed by atoms with van der Waals surface area (Å²) >= 11 is 0. The fraction of sp³-hybridized carbons (Fsp3) is 0.0270. The Hall–Kier alpha value is -9.76. The number of fused-ring (bicyclic) bond motifs is 15. The quantitative estimate of drug-likeness (QED) is 0.155. The molecule has 2 nitrogen and oxygen atoms in total. The molecule has 12 aromatic carbocycles. The van der Waals surface area contributed by atoms with E-state index in [4.69, 9.17) is 0 Å².